The number of fused-ring (bicyclic) bond motifs is 1. The fraction of sp³-hybridized carbons (Fsp3) is 0.750. The predicted octanol–water partition coefficient (Wildman–Crippen LogP) is 3.78. The minimum absolute atomic E-state index is 0.0618. The van der Waals surface area contributed by atoms with Gasteiger partial charge in [0.25, 0.3) is 0 Å². The van der Waals surface area contributed by atoms with E-state index in [9.17, 15) is 9.90 Å². The molecule has 0 spiro atoms. The molecule has 0 unspecified atom stereocenters. The number of carbonyl (C=O) groups excluding carboxylic acids is 1. The van der Waals surface area contributed by atoms with Gasteiger partial charge in [-0.25, -0.2) is 0 Å². The number of hydrogen-bond donors (Lipinski definition) is 1. The van der Waals surface area contributed by atoms with Crippen LogP contribution in [-0.2, 0) is 9.53 Å². The van der Waals surface area contributed by atoms with Crippen LogP contribution in [0.25, 0.3) is 0 Å². The van der Waals surface area contributed by atoms with Crippen molar-refractivity contribution >= 4 is 5.97 Å². The molecule has 0 heterocycles. The maximum Gasteiger partial charge on any atom is 0.315 e. The third-order valence-electron chi connectivity index (χ3n) is 13.2. The average molecular weight is 433 g/mol. The van der Waals surface area contributed by atoms with Crippen LogP contribution in [0, 0.1) is 75.9 Å². The second-order valence-electron chi connectivity index (χ2n) is 12.7. The highest BCUT2D eigenvalue weighted by atomic mass is 16.5. The molecule has 0 radical (unpaired) electrons. The molecule has 0 aromatic heterocycles. The van der Waals surface area contributed by atoms with Gasteiger partial charge in [0.15, 0.2) is 0 Å². The third-order valence-corrected chi connectivity index (χ3v) is 13.2. The van der Waals surface area contributed by atoms with Gasteiger partial charge in [-0.15, -0.1) is 0 Å². The number of carbonyl (C=O) groups is 1. The quantitative estimate of drug-likeness (QED) is 0.736. The molecule has 9 aliphatic rings. The van der Waals surface area contributed by atoms with E-state index in [1.165, 1.54) is 25.7 Å². The molecule has 168 valence electrons. The van der Waals surface area contributed by atoms with Crippen LogP contribution < -0.4 is 4.74 Å². The summed E-state index contributed by atoms with van der Waals surface area (Å²) in [7, 11) is 1.57. The zero-order valence-electron chi connectivity index (χ0n) is 18.7. The van der Waals surface area contributed by atoms with E-state index in [-0.39, 0.29) is 17.3 Å². The lowest BCUT2D eigenvalue weighted by atomic mass is 9.42. The van der Waals surface area contributed by atoms with Gasteiger partial charge in [-0.3, -0.25) is 4.79 Å². The topological polar surface area (TPSA) is 55.8 Å². The molecule has 0 amide bonds. The summed E-state index contributed by atoms with van der Waals surface area (Å²) in [6.07, 6.45) is 6.12. The fourth-order valence-electron chi connectivity index (χ4n) is 13.7. The molecule has 1 aromatic rings. The molecule has 32 heavy (non-hydrogen) atoms. The van der Waals surface area contributed by atoms with E-state index in [2.05, 4.69) is 0 Å². The number of ether oxygens (including phenoxy) is 2. The number of aliphatic hydroxyl groups is 1. The maximum atomic E-state index is 14.0. The van der Waals surface area contributed by atoms with Gasteiger partial charge in [-0.05, 0) is 103 Å². The molecule has 9 saturated carbocycles. The maximum absolute atomic E-state index is 14.0. The van der Waals surface area contributed by atoms with E-state index in [1.54, 1.807) is 7.11 Å². The van der Waals surface area contributed by atoms with Crippen LogP contribution in [0.4, 0.5) is 0 Å². The van der Waals surface area contributed by atoms with Gasteiger partial charge in [-0.1, -0.05) is 24.6 Å². The van der Waals surface area contributed by atoms with Crippen LogP contribution in [0.5, 0.6) is 5.75 Å². The van der Waals surface area contributed by atoms with Crippen molar-refractivity contribution in [3.8, 4) is 5.75 Å². The van der Waals surface area contributed by atoms with Crippen molar-refractivity contribution in [3.63, 3.8) is 0 Å². The monoisotopic (exact) mass is 432 g/mol. The van der Waals surface area contributed by atoms with Gasteiger partial charge < -0.3 is 14.6 Å². The molecule has 1 N–H and O–H groups in total. The Morgan fingerprint density at radius 1 is 0.938 bits per heavy atom. The number of hydrogen-bond acceptors (Lipinski definition) is 4. The molecule has 1 aromatic carbocycles. The molecule has 10 rings (SSSR count). The number of rotatable bonds is 4. The van der Waals surface area contributed by atoms with Gasteiger partial charge >= 0.3 is 5.97 Å². The Kier molecular flexibility index (Phi) is 2.84. The largest absolute Gasteiger partial charge is 0.493 e. The second-order valence-corrected chi connectivity index (χ2v) is 12.7. The number of benzene rings is 1. The summed E-state index contributed by atoms with van der Waals surface area (Å²) >= 11 is 0. The minimum Gasteiger partial charge on any atom is -0.493 e. The van der Waals surface area contributed by atoms with E-state index < -0.39 is 11.0 Å². The Morgan fingerprint density at radius 3 is 2.44 bits per heavy atom. The summed E-state index contributed by atoms with van der Waals surface area (Å²) in [6, 6.07) is 10.2. The molecular formula is C28H32O4. The number of esters is 1. The zero-order valence-corrected chi connectivity index (χ0v) is 18.7. The first-order valence-corrected chi connectivity index (χ1v) is 13.1. The predicted molar refractivity (Wildman–Crippen MR) is 115 cm³/mol. The van der Waals surface area contributed by atoms with Gasteiger partial charge in [0.05, 0.1) is 19.3 Å². The first-order chi connectivity index (χ1) is 15.6. The van der Waals surface area contributed by atoms with Crippen LogP contribution >= 0.6 is 0 Å². The fourth-order valence-corrected chi connectivity index (χ4v) is 13.7. The number of para-hydroxylation sites is 1. The summed E-state index contributed by atoms with van der Waals surface area (Å²) in [5.41, 5.74) is -1.89. The lowest BCUT2D eigenvalue weighted by Crippen LogP contribution is -2.74. The Balaban J connectivity index is 1.32. The Hall–Kier alpha value is -1.55. The highest BCUT2D eigenvalue weighted by molar-refractivity contribution is 5.83. The first-order valence-electron chi connectivity index (χ1n) is 13.1. The normalized spacial score (nSPS) is 62.4. The smallest absolute Gasteiger partial charge is 0.315 e. The van der Waals surface area contributed by atoms with Gasteiger partial charge in [-0.2, -0.15) is 0 Å². The summed E-state index contributed by atoms with van der Waals surface area (Å²) in [5, 5.41) is 13.2. The summed E-state index contributed by atoms with van der Waals surface area (Å²) in [6.45, 7) is 0.580. The van der Waals surface area contributed by atoms with Crippen LogP contribution in [-0.4, -0.2) is 30.4 Å². The average Bonchev–Trinajstić information content (AvgIpc) is 3.59. The van der Waals surface area contributed by atoms with E-state index in [4.69, 9.17) is 9.47 Å². The zero-order chi connectivity index (χ0) is 21.2. The standard InChI is InChI=1S/C28H32O4/c1-31-25(29)27-22-15-9-5-8-14(15)21-19(22)20-23(27)16-10-11-17-18(16)24(20)26(21,28(17,27)30)12-32-13-6-3-2-4-7-13/h2-4,6-7,14-24,30H,5,8-12H2,1H3/t14-,15+,16+,17+,18+,19+,20+,21-,22-,23+,24+,26-,27+,28-/m0/s1. The summed E-state index contributed by atoms with van der Waals surface area (Å²) in [4.78, 5) is 14.0. The minimum atomic E-state index is -0.946. The Morgan fingerprint density at radius 2 is 1.66 bits per heavy atom. The van der Waals surface area contributed by atoms with Gasteiger partial charge in [0.1, 0.15) is 11.2 Å². The number of methoxy groups -OCH3 is 1. The van der Waals surface area contributed by atoms with Crippen molar-refractivity contribution in [1.82, 2.24) is 0 Å². The van der Waals surface area contributed by atoms with Crippen molar-refractivity contribution in [2.75, 3.05) is 13.7 Å². The Labute approximate surface area is 189 Å². The van der Waals surface area contributed by atoms with Gasteiger partial charge in [0, 0.05) is 5.41 Å². The van der Waals surface area contributed by atoms with Crippen molar-refractivity contribution in [1.29, 1.82) is 0 Å². The second kappa shape index (κ2) is 5.09. The van der Waals surface area contributed by atoms with E-state index in [1.807, 2.05) is 30.3 Å². The highest BCUT2D eigenvalue weighted by Crippen LogP contribution is 2.98. The van der Waals surface area contributed by atoms with Crippen molar-refractivity contribution in [2.24, 2.45) is 75.9 Å². The molecule has 9 fully saturated rings. The van der Waals surface area contributed by atoms with Crippen LogP contribution in [0.1, 0.15) is 32.1 Å². The highest BCUT2D eigenvalue weighted by Gasteiger charge is 3.02. The molecule has 0 aliphatic heterocycles. The molecular weight excluding hydrogens is 400 g/mol. The molecule has 0 saturated heterocycles. The lowest BCUT2D eigenvalue weighted by molar-refractivity contribution is -0.271. The van der Waals surface area contributed by atoms with Crippen molar-refractivity contribution in [3.05, 3.63) is 30.3 Å². The SMILES string of the molecule is COC(=O)[C@]12[C@@H]3[C@@H]4CC[C@@H]5[C@@H]4[C@@H]4[C@@H]3[C@@H]3[C@H]([C@H]6CCC[C@H]6[C@@H]31)[C@]4(COc1ccccc1)[C@@]52O. The molecule has 4 nitrogen and oxygen atoms in total. The molecule has 9 aliphatic carbocycles. The van der Waals surface area contributed by atoms with E-state index in [0.717, 1.165) is 12.2 Å². The molecule has 9 bridgehead atoms. The van der Waals surface area contributed by atoms with Crippen LogP contribution in [0.3, 0.4) is 0 Å². The van der Waals surface area contributed by atoms with Crippen LogP contribution in [0.15, 0.2) is 30.3 Å². The first kappa shape index (κ1) is 17.9. The van der Waals surface area contributed by atoms with Crippen LogP contribution in [0.2, 0.25) is 0 Å². The molecule has 4 heteroatoms. The summed E-state index contributed by atoms with van der Waals surface area (Å²) < 4.78 is 12.3. The Bertz CT molecular complexity index is 1050. The van der Waals surface area contributed by atoms with Crippen molar-refractivity contribution in [2.45, 2.75) is 37.7 Å². The molecule has 14 atom stereocenters. The lowest BCUT2D eigenvalue weighted by Gasteiger charge is -2.63. The summed E-state index contributed by atoms with van der Waals surface area (Å²) in [5.74, 6) is 6.66. The third kappa shape index (κ3) is 1.32. The van der Waals surface area contributed by atoms with Crippen molar-refractivity contribution < 1.29 is 19.4 Å². The van der Waals surface area contributed by atoms with E-state index in [0.29, 0.717) is 65.8 Å². The van der Waals surface area contributed by atoms with Gasteiger partial charge in [0.2, 0.25) is 0 Å². The van der Waals surface area contributed by atoms with E-state index >= 15 is 0 Å².